The first kappa shape index (κ1) is 20.9. The SMILES string of the molecule is COc1ccc(C(F)(F)F)cc1N=C=Nc1ccc(/C=C/C(=O)O)c(C)c1F. The van der Waals surface area contributed by atoms with E-state index in [4.69, 9.17) is 9.84 Å². The number of benzene rings is 2. The van der Waals surface area contributed by atoms with Crippen LogP contribution in [0, 0.1) is 12.7 Å². The Balaban J connectivity index is 2.39. The minimum Gasteiger partial charge on any atom is -0.494 e. The Morgan fingerprint density at radius 3 is 2.46 bits per heavy atom. The number of hydrogen-bond donors (Lipinski definition) is 1. The van der Waals surface area contributed by atoms with E-state index in [0.29, 0.717) is 5.56 Å². The van der Waals surface area contributed by atoms with E-state index in [1.807, 2.05) is 0 Å². The Morgan fingerprint density at radius 1 is 1.18 bits per heavy atom. The van der Waals surface area contributed by atoms with Crippen LogP contribution in [0.2, 0.25) is 0 Å². The molecule has 0 unspecified atom stereocenters. The van der Waals surface area contributed by atoms with Gasteiger partial charge in [0.1, 0.15) is 23.1 Å². The number of aliphatic carboxylic acids is 1. The first-order valence-corrected chi connectivity index (χ1v) is 7.75. The Kier molecular flexibility index (Phi) is 6.33. The zero-order valence-corrected chi connectivity index (χ0v) is 14.7. The lowest BCUT2D eigenvalue weighted by Gasteiger charge is -2.09. The quantitative estimate of drug-likeness (QED) is 0.420. The Bertz CT molecular complexity index is 991. The summed E-state index contributed by atoms with van der Waals surface area (Å²) in [7, 11) is 1.27. The predicted octanol–water partition coefficient (Wildman–Crippen LogP) is 5.40. The smallest absolute Gasteiger partial charge is 0.416 e. The van der Waals surface area contributed by atoms with Crippen molar-refractivity contribution in [3.63, 3.8) is 0 Å². The van der Waals surface area contributed by atoms with Crippen LogP contribution in [0.25, 0.3) is 6.08 Å². The van der Waals surface area contributed by atoms with E-state index in [0.717, 1.165) is 24.3 Å². The lowest BCUT2D eigenvalue weighted by atomic mass is 10.1. The second-order valence-corrected chi connectivity index (χ2v) is 5.49. The van der Waals surface area contributed by atoms with Gasteiger partial charge in [0, 0.05) is 6.08 Å². The molecule has 0 aliphatic heterocycles. The van der Waals surface area contributed by atoms with Crippen molar-refractivity contribution in [1.82, 2.24) is 0 Å². The van der Waals surface area contributed by atoms with Crippen LogP contribution in [0.3, 0.4) is 0 Å². The fourth-order valence-electron chi connectivity index (χ4n) is 2.20. The molecule has 0 bridgehead atoms. The maximum absolute atomic E-state index is 14.3. The molecule has 0 fully saturated rings. The van der Waals surface area contributed by atoms with Crippen molar-refractivity contribution in [3.05, 3.63) is 58.9 Å². The van der Waals surface area contributed by atoms with Gasteiger partial charge in [-0.3, -0.25) is 0 Å². The lowest BCUT2D eigenvalue weighted by Crippen LogP contribution is -2.04. The summed E-state index contributed by atoms with van der Waals surface area (Å²) in [4.78, 5) is 17.9. The van der Waals surface area contributed by atoms with E-state index >= 15 is 0 Å². The fraction of sp³-hybridized carbons (Fsp3) is 0.158. The molecule has 9 heteroatoms. The second kappa shape index (κ2) is 8.49. The molecule has 0 spiro atoms. The van der Waals surface area contributed by atoms with Gasteiger partial charge in [0.25, 0.3) is 0 Å². The minimum atomic E-state index is -4.56. The average molecular weight is 394 g/mol. The minimum absolute atomic E-state index is 0.0708. The molecular formula is C19H14F4N2O3. The zero-order valence-electron chi connectivity index (χ0n) is 14.7. The van der Waals surface area contributed by atoms with E-state index in [1.54, 1.807) is 0 Å². The van der Waals surface area contributed by atoms with Gasteiger partial charge >= 0.3 is 12.1 Å². The van der Waals surface area contributed by atoms with E-state index < -0.39 is 23.5 Å². The highest BCUT2D eigenvalue weighted by Crippen LogP contribution is 2.36. The van der Waals surface area contributed by atoms with Crippen LogP contribution in [0.1, 0.15) is 16.7 Å². The predicted molar refractivity (Wildman–Crippen MR) is 95.0 cm³/mol. The van der Waals surface area contributed by atoms with E-state index in [2.05, 4.69) is 16.0 Å². The summed E-state index contributed by atoms with van der Waals surface area (Å²) in [5, 5.41) is 8.62. The third kappa shape index (κ3) is 5.05. The van der Waals surface area contributed by atoms with Crippen LogP contribution in [-0.4, -0.2) is 24.2 Å². The van der Waals surface area contributed by atoms with Crippen molar-refractivity contribution < 1.29 is 32.2 Å². The highest BCUT2D eigenvalue weighted by atomic mass is 19.4. The molecule has 0 atom stereocenters. The molecule has 0 saturated heterocycles. The summed E-state index contributed by atoms with van der Waals surface area (Å²) in [6, 6.07) is 7.60. The molecule has 0 aliphatic rings. The average Bonchev–Trinajstić information content (AvgIpc) is 2.63. The molecule has 0 aromatic heterocycles. The van der Waals surface area contributed by atoms with Crippen molar-refractivity contribution in [1.29, 1.82) is 0 Å². The van der Waals surface area contributed by atoms with Crippen LogP contribution >= 0.6 is 0 Å². The number of ether oxygens (including phenoxy) is 1. The van der Waals surface area contributed by atoms with Crippen LogP contribution < -0.4 is 4.74 Å². The third-order valence-electron chi connectivity index (χ3n) is 3.66. The first-order chi connectivity index (χ1) is 13.1. The number of methoxy groups -OCH3 is 1. The summed E-state index contributed by atoms with van der Waals surface area (Å²) in [6.07, 6.45) is -2.46. The third-order valence-corrected chi connectivity index (χ3v) is 3.66. The number of alkyl halides is 3. The van der Waals surface area contributed by atoms with Gasteiger partial charge in [-0.15, -0.1) is 0 Å². The van der Waals surface area contributed by atoms with Gasteiger partial charge < -0.3 is 9.84 Å². The standard InChI is InChI=1S/C19H14F4N2O3/c1-11-12(4-8-17(26)27)3-6-14(18(11)20)24-10-25-15-9-13(19(21,22)23)5-7-16(15)28-2/h3-9H,1-2H3,(H,26,27)/b8-4+. The van der Waals surface area contributed by atoms with E-state index in [-0.39, 0.29) is 22.7 Å². The van der Waals surface area contributed by atoms with Gasteiger partial charge in [0.2, 0.25) is 0 Å². The molecule has 2 aromatic carbocycles. The van der Waals surface area contributed by atoms with Crippen LogP contribution in [-0.2, 0) is 11.0 Å². The Hall–Kier alpha value is -3.45. The van der Waals surface area contributed by atoms with Gasteiger partial charge in [-0.05, 0) is 48.4 Å². The molecule has 0 heterocycles. The molecule has 0 aliphatic carbocycles. The van der Waals surface area contributed by atoms with Gasteiger partial charge in [0.15, 0.2) is 5.82 Å². The van der Waals surface area contributed by atoms with Gasteiger partial charge in [-0.25, -0.2) is 9.18 Å². The van der Waals surface area contributed by atoms with Crippen molar-refractivity contribution >= 4 is 29.4 Å². The zero-order chi connectivity index (χ0) is 20.9. The monoisotopic (exact) mass is 394 g/mol. The van der Waals surface area contributed by atoms with E-state index in [9.17, 15) is 22.4 Å². The summed E-state index contributed by atoms with van der Waals surface area (Å²) in [5.74, 6) is -1.84. The molecule has 5 nitrogen and oxygen atoms in total. The largest absolute Gasteiger partial charge is 0.494 e. The molecule has 0 radical (unpaired) electrons. The molecule has 0 saturated carbocycles. The normalized spacial score (nSPS) is 11.2. The highest BCUT2D eigenvalue weighted by Gasteiger charge is 2.31. The maximum Gasteiger partial charge on any atom is 0.416 e. The highest BCUT2D eigenvalue weighted by molar-refractivity contribution is 5.85. The first-order valence-electron chi connectivity index (χ1n) is 7.75. The van der Waals surface area contributed by atoms with Crippen molar-refractivity contribution in [2.24, 2.45) is 9.98 Å². The topological polar surface area (TPSA) is 71.2 Å². The summed E-state index contributed by atoms with van der Waals surface area (Å²) < 4.78 is 57.8. The molecule has 2 aromatic rings. The number of aliphatic imine (C=N–C) groups is 2. The lowest BCUT2D eigenvalue weighted by molar-refractivity contribution is -0.137. The van der Waals surface area contributed by atoms with Crippen molar-refractivity contribution in [3.8, 4) is 5.75 Å². The van der Waals surface area contributed by atoms with Crippen molar-refractivity contribution in [2.45, 2.75) is 13.1 Å². The second-order valence-electron chi connectivity index (χ2n) is 5.49. The molecule has 0 amide bonds. The summed E-state index contributed by atoms with van der Waals surface area (Å²) in [5.41, 5.74) is -0.753. The number of carbonyl (C=O) groups is 1. The molecule has 146 valence electrons. The molecule has 28 heavy (non-hydrogen) atoms. The number of hydrogen-bond acceptors (Lipinski definition) is 4. The number of carboxylic acid groups (broad SMARTS) is 1. The Morgan fingerprint density at radius 2 is 1.86 bits per heavy atom. The number of carboxylic acids is 1. The number of rotatable bonds is 5. The summed E-state index contributed by atoms with van der Waals surface area (Å²) in [6.45, 7) is 1.43. The van der Waals surface area contributed by atoms with Crippen molar-refractivity contribution in [2.75, 3.05) is 7.11 Å². The number of halogens is 4. The van der Waals surface area contributed by atoms with E-state index in [1.165, 1.54) is 32.2 Å². The molecule has 2 rings (SSSR count). The molecular weight excluding hydrogens is 380 g/mol. The van der Waals surface area contributed by atoms with Gasteiger partial charge in [-0.1, -0.05) is 6.07 Å². The molecule has 1 N–H and O–H groups in total. The Labute approximate surface area is 157 Å². The van der Waals surface area contributed by atoms with Gasteiger partial charge in [-0.2, -0.15) is 23.2 Å². The number of nitrogens with zero attached hydrogens (tertiary/aromatic N) is 2. The van der Waals surface area contributed by atoms with Gasteiger partial charge in [0.05, 0.1) is 12.7 Å². The van der Waals surface area contributed by atoms with Crippen LogP contribution in [0.5, 0.6) is 5.75 Å². The van der Waals surface area contributed by atoms with Crippen LogP contribution in [0.4, 0.5) is 28.9 Å². The maximum atomic E-state index is 14.3. The van der Waals surface area contributed by atoms with Crippen LogP contribution in [0.15, 0.2) is 46.4 Å². The summed E-state index contributed by atoms with van der Waals surface area (Å²) >= 11 is 0. The fourth-order valence-corrected chi connectivity index (χ4v) is 2.20.